The zero-order valence-electron chi connectivity index (χ0n) is 18.1. The zero-order chi connectivity index (χ0) is 23.1. The Morgan fingerprint density at radius 3 is 2.70 bits per heavy atom. The SMILES string of the molecule is Cc1cccc2nc([C@H](C)NC(=O)c3c(N)nn4ccncc34)n(-c3ccccc3)c(=O)c12. The second-order valence-electron chi connectivity index (χ2n) is 7.78. The quantitative estimate of drug-likeness (QED) is 0.444. The van der Waals surface area contributed by atoms with Gasteiger partial charge in [-0.15, -0.1) is 5.10 Å². The fourth-order valence-corrected chi connectivity index (χ4v) is 4.01. The molecule has 3 N–H and O–H groups in total. The number of nitrogen functional groups attached to an aromatic ring is 1. The predicted octanol–water partition coefficient (Wildman–Crippen LogP) is 2.81. The summed E-state index contributed by atoms with van der Waals surface area (Å²) in [5.74, 6) is 0.0715. The molecule has 0 unspecified atom stereocenters. The van der Waals surface area contributed by atoms with Crippen molar-refractivity contribution in [2.24, 2.45) is 0 Å². The summed E-state index contributed by atoms with van der Waals surface area (Å²) in [5.41, 5.74) is 8.60. The summed E-state index contributed by atoms with van der Waals surface area (Å²) in [7, 11) is 0. The summed E-state index contributed by atoms with van der Waals surface area (Å²) in [6.07, 6.45) is 4.70. The molecule has 164 valence electrons. The average molecular weight is 439 g/mol. The monoisotopic (exact) mass is 439 g/mol. The van der Waals surface area contributed by atoms with Crippen molar-refractivity contribution in [3.63, 3.8) is 0 Å². The van der Waals surface area contributed by atoms with Crippen LogP contribution in [0.1, 0.15) is 34.7 Å². The van der Waals surface area contributed by atoms with E-state index in [0.717, 1.165) is 5.56 Å². The lowest BCUT2D eigenvalue weighted by atomic mass is 10.1. The Labute approximate surface area is 188 Å². The first-order valence-corrected chi connectivity index (χ1v) is 10.4. The van der Waals surface area contributed by atoms with Crippen LogP contribution >= 0.6 is 0 Å². The number of nitrogens with two attached hydrogens (primary N) is 1. The van der Waals surface area contributed by atoms with Crippen LogP contribution in [0, 0.1) is 6.92 Å². The van der Waals surface area contributed by atoms with Crippen molar-refractivity contribution in [1.29, 1.82) is 0 Å². The Hall–Kier alpha value is -4.53. The molecule has 0 radical (unpaired) electrons. The minimum absolute atomic E-state index is 0.0928. The van der Waals surface area contributed by atoms with Gasteiger partial charge in [0.1, 0.15) is 11.4 Å². The van der Waals surface area contributed by atoms with Crippen molar-refractivity contribution in [2.45, 2.75) is 19.9 Å². The minimum atomic E-state index is -0.610. The number of anilines is 1. The molecular formula is C24H21N7O2. The smallest absolute Gasteiger partial charge is 0.266 e. The fraction of sp³-hybridized carbons (Fsp3) is 0.125. The Kier molecular flexibility index (Phi) is 4.86. The average Bonchev–Trinajstić information content (AvgIpc) is 3.15. The largest absolute Gasteiger partial charge is 0.382 e. The lowest BCUT2D eigenvalue weighted by molar-refractivity contribution is 0.0940. The standard InChI is InChI=1S/C24H21N7O2/c1-14-7-6-10-17-19(14)24(33)31(16-8-4-3-5-9-16)22(28-17)15(2)27-23(32)20-18-13-26-11-12-30(18)29-21(20)25/h3-13,15H,1-2H3,(H2,25,29)(H,27,32)/t15-/m0/s1. The molecule has 0 aliphatic heterocycles. The molecule has 1 amide bonds. The molecule has 3 aromatic heterocycles. The molecule has 33 heavy (non-hydrogen) atoms. The lowest BCUT2D eigenvalue weighted by Gasteiger charge is -2.20. The van der Waals surface area contributed by atoms with E-state index >= 15 is 0 Å². The molecule has 5 rings (SSSR count). The molecule has 0 aliphatic rings. The van der Waals surface area contributed by atoms with Crippen LogP contribution in [0.15, 0.2) is 71.9 Å². The number of para-hydroxylation sites is 1. The fourth-order valence-electron chi connectivity index (χ4n) is 4.01. The van der Waals surface area contributed by atoms with Gasteiger partial charge in [0.05, 0.1) is 34.3 Å². The molecule has 3 heterocycles. The third-order valence-corrected chi connectivity index (χ3v) is 5.57. The van der Waals surface area contributed by atoms with E-state index in [-0.39, 0.29) is 16.9 Å². The van der Waals surface area contributed by atoms with Gasteiger partial charge in [0.25, 0.3) is 11.5 Å². The van der Waals surface area contributed by atoms with E-state index in [9.17, 15) is 9.59 Å². The Balaban J connectivity index is 1.64. The second-order valence-corrected chi connectivity index (χ2v) is 7.78. The first-order chi connectivity index (χ1) is 16.0. The molecule has 9 heteroatoms. The third-order valence-electron chi connectivity index (χ3n) is 5.57. The normalized spacial score (nSPS) is 12.2. The van der Waals surface area contributed by atoms with Gasteiger partial charge in [-0.05, 0) is 37.6 Å². The number of benzene rings is 2. The topological polar surface area (TPSA) is 120 Å². The molecule has 0 aliphatic carbocycles. The molecule has 0 spiro atoms. The van der Waals surface area contributed by atoms with E-state index in [0.29, 0.717) is 27.9 Å². The summed E-state index contributed by atoms with van der Waals surface area (Å²) in [4.78, 5) is 35.6. The van der Waals surface area contributed by atoms with Gasteiger partial charge in [0.2, 0.25) is 0 Å². The van der Waals surface area contributed by atoms with Crippen LogP contribution in [-0.4, -0.2) is 30.1 Å². The molecule has 9 nitrogen and oxygen atoms in total. The van der Waals surface area contributed by atoms with Crippen LogP contribution in [0.25, 0.3) is 22.1 Å². The van der Waals surface area contributed by atoms with E-state index in [1.54, 1.807) is 30.0 Å². The Morgan fingerprint density at radius 1 is 1.12 bits per heavy atom. The lowest BCUT2D eigenvalue weighted by Crippen LogP contribution is -2.33. The molecule has 1 atom stereocenters. The summed E-state index contributed by atoms with van der Waals surface area (Å²) in [6.45, 7) is 3.66. The number of nitrogens with one attached hydrogen (secondary N) is 1. The maximum atomic E-state index is 13.6. The number of fused-ring (bicyclic) bond motifs is 2. The van der Waals surface area contributed by atoms with Crippen molar-refractivity contribution >= 4 is 28.1 Å². The van der Waals surface area contributed by atoms with Gasteiger partial charge >= 0.3 is 0 Å². The highest BCUT2D eigenvalue weighted by molar-refractivity contribution is 6.05. The van der Waals surface area contributed by atoms with Crippen LogP contribution < -0.4 is 16.6 Å². The highest BCUT2D eigenvalue weighted by Crippen LogP contribution is 2.22. The van der Waals surface area contributed by atoms with E-state index in [1.807, 2.05) is 49.4 Å². The molecule has 0 saturated heterocycles. The van der Waals surface area contributed by atoms with Gasteiger partial charge in [-0.25, -0.2) is 9.50 Å². The molecule has 0 bridgehead atoms. The van der Waals surface area contributed by atoms with Gasteiger partial charge < -0.3 is 11.1 Å². The molecule has 5 aromatic rings. The number of aromatic nitrogens is 5. The molecule has 0 fully saturated rings. The first kappa shape index (κ1) is 20.4. The highest BCUT2D eigenvalue weighted by Gasteiger charge is 2.24. The van der Waals surface area contributed by atoms with Gasteiger partial charge in [-0.2, -0.15) is 0 Å². The maximum absolute atomic E-state index is 13.6. The summed E-state index contributed by atoms with van der Waals surface area (Å²) < 4.78 is 3.04. The van der Waals surface area contributed by atoms with Gasteiger partial charge in [-0.1, -0.05) is 30.3 Å². The molecular weight excluding hydrogens is 418 g/mol. The zero-order valence-corrected chi connectivity index (χ0v) is 18.1. The summed E-state index contributed by atoms with van der Waals surface area (Å²) in [6, 6.07) is 14.2. The number of aryl methyl sites for hydroxylation is 1. The Bertz CT molecular complexity index is 1570. The first-order valence-electron chi connectivity index (χ1n) is 10.4. The number of carbonyl (C=O) groups excluding carboxylic acids is 1. The third kappa shape index (κ3) is 3.39. The number of rotatable bonds is 4. The van der Waals surface area contributed by atoms with Gasteiger partial charge in [0, 0.05) is 12.4 Å². The van der Waals surface area contributed by atoms with Crippen LogP contribution in [0.2, 0.25) is 0 Å². The highest BCUT2D eigenvalue weighted by atomic mass is 16.2. The van der Waals surface area contributed by atoms with E-state index in [4.69, 9.17) is 10.7 Å². The van der Waals surface area contributed by atoms with Gasteiger partial charge in [0.15, 0.2) is 5.82 Å². The van der Waals surface area contributed by atoms with Gasteiger partial charge in [-0.3, -0.25) is 19.1 Å². The van der Waals surface area contributed by atoms with Crippen molar-refractivity contribution in [3.8, 4) is 5.69 Å². The van der Waals surface area contributed by atoms with Crippen LogP contribution in [0.3, 0.4) is 0 Å². The molecule has 2 aromatic carbocycles. The number of nitrogens with zero attached hydrogens (tertiary/aromatic N) is 5. The van der Waals surface area contributed by atoms with Crippen molar-refractivity contribution in [2.75, 3.05) is 5.73 Å². The number of hydrogen-bond donors (Lipinski definition) is 2. The van der Waals surface area contributed by atoms with Crippen LogP contribution in [0.5, 0.6) is 0 Å². The summed E-state index contributed by atoms with van der Waals surface area (Å²) >= 11 is 0. The number of hydrogen-bond acceptors (Lipinski definition) is 6. The van der Waals surface area contributed by atoms with Crippen molar-refractivity contribution in [1.82, 2.24) is 29.5 Å². The number of amides is 1. The Morgan fingerprint density at radius 2 is 1.91 bits per heavy atom. The minimum Gasteiger partial charge on any atom is -0.382 e. The van der Waals surface area contributed by atoms with E-state index in [1.165, 1.54) is 10.7 Å². The predicted molar refractivity (Wildman–Crippen MR) is 125 cm³/mol. The molecule has 0 saturated carbocycles. The van der Waals surface area contributed by atoms with E-state index < -0.39 is 11.9 Å². The number of carbonyl (C=O) groups is 1. The maximum Gasteiger partial charge on any atom is 0.266 e. The van der Waals surface area contributed by atoms with E-state index in [2.05, 4.69) is 15.4 Å². The van der Waals surface area contributed by atoms with Crippen LogP contribution in [0.4, 0.5) is 5.82 Å². The van der Waals surface area contributed by atoms with Crippen molar-refractivity contribution < 1.29 is 4.79 Å². The second kappa shape index (κ2) is 7.86. The summed E-state index contributed by atoms with van der Waals surface area (Å²) in [5, 5.41) is 7.64. The van der Waals surface area contributed by atoms with Crippen LogP contribution in [-0.2, 0) is 0 Å². The van der Waals surface area contributed by atoms with Crippen molar-refractivity contribution in [3.05, 3.63) is 94.4 Å².